The first kappa shape index (κ1) is 28.9. The molecule has 2 aliphatic heterocycles. The minimum Gasteiger partial charge on any atom is -0.496 e. The number of nitrogens with one attached hydrogen (secondary N) is 4. The minimum absolute atomic E-state index is 0.0139. The van der Waals surface area contributed by atoms with E-state index in [9.17, 15) is 24.0 Å². The summed E-state index contributed by atoms with van der Waals surface area (Å²) in [5.74, 6) is -1.27. The quantitative estimate of drug-likeness (QED) is 0.294. The van der Waals surface area contributed by atoms with Crippen LogP contribution < -0.4 is 20.7 Å². The zero-order valence-corrected chi connectivity index (χ0v) is 24.8. The average Bonchev–Trinajstić information content (AvgIpc) is 3.65. The number of likely N-dealkylation sites (tertiary alicyclic amines) is 1. The van der Waals surface area contributed by atoms with Crippen LogP contribution in [0.15, 0.2) is 36.9 Å². The highest BCUT2D eigenvalue weighted by Gasteiger charge is 2.70. The standard InChI is InChI=1S/C32H39N5O6/c1-5-23(38)21(13-17-11-12-33-28(17)39)35-30(41)27-25-19(32(25,2)3)15-37(27)31(42)26(16-9-10-16)36-29(40)22-14-18-20(34-22)7-6-8-24(18)43-4/h5-8,14,16-17,19,21,25-27,34H,1,9-13,15H2,2-4H3,(H,33,39)(H,35,41)(H,36,40)/t17-,19-,21-,25-,26-,27-/m0/s1. The summed E-state index contributed by atoms with van der Waals surface area (Å²) in [6, 6.07) is 4.75. The molecule has 0 unspecified atom stereocenters. The summed E-state index contributed by atoms with van der Waals surface area (Å²) >= 11 is 0. The second-order valence-corrected chi connectivity index (χ2v) is 13.0. The lowest BCUT2D eigenvalue weighted by molar-refractivity contribution is -0.142. The van der Waals surface area contributed by atoms with Crippen molar-refractivity contribution in [1.29, 1.82) is 0 Å². The molecule has 228 valence electrons. The van der Waals surface area contributed by atoms with Crippen LogP contribution in [-0.4, -0.2) is 77.6 Å². The molecule has 3 heterocycles. The number of carbonyl (C=O) groups excluding carboxylic acids is 5. The number of ether oxygens (including phenoxy) is 1. The predicted molar refractivity (Wildman–Crippen MR) is 158 cm³/mol. The Hall–Kier alpha value is -4.15. The van der Waals surface area contributed by atoms with Gasteiger partial charge in [-0.2, -0.15) is 0 Å². The van der Waals surface area contributed by atoms with Crippen molar-refractivity contribution in [2.45, 2.75) is 57.7 Å². The number of benzene rings is 1. The normalized spacial score (nSPS) is 26.7. The van der Waals surface area contributed by atoms with Crippen molar-refractivity contribution in [2.24, 2.45) is 29.1 Å². The Labute approximate surface area is 250 Å². The Kier molecular flexibility index (Phi) is 7.30. The number of aromatic amines is 1. The number of hydrogen-bond donors (Lipinski definition) is 4. The van der Waals surface area contributed by atoms with Crippen LogP contribution in [0, 0.1) is 29.1 Å². The zero-order chi connectivity index (χ0) is 30.6. The molecule has 0 radical (unpaired) electrons. The molecular weight excluding hydrogens is 550 g/mol. The van der Waals surface area contributed by atoms with Gasteiger partial charge in [0.25, 0.3) is 5.91 Å². The van der Waals surface area contributed by atoms with Gasteiger partial charge in [-0.15, -0.1) is 0 Å². The van der Waals surface area contributed by atoms with Gasteiger partial charge in [-0.3, -0.25) is 24.0 Å². The second kappa shape index (κ2) is 10.8. The summed E-state index contributed by atoms with van der Waals surface area (Å²) in [7, 11) is 1.57. The van der Waals surface area contributed by atoms with E-state index in [0.717, 1.165) is 29.8 Å². The Bertz CT molecular complexity index is 1510. The summed E-state index contributed by atoms with van der Waals surface area (Å²) < 4.78 is 5.42. The van der Waals surface area contributed by atoms with E-state index in [1.807, 2.05) is 18.2 Å². The van der Waals surface area contributed by atoms with Crippen LogP contribution in [0.25, 0.3) is 10.9 Å². The van der Waals surface area contributed by atoms with Gasteiger partial charge in [0.15, 0.2) is 5.78 Å². The van der Waals surface area contributed by atoms with Gasteiger partial charge in [-0.1, -0.05) is 26.5 Å². The monoisotopic (exact) mass is 589 g/mol. The largest absolute Gasteiger partial charge is 0.496 e. The van der Waals surface area contributed by atoms with Crippen molar-refractivity contribution < 1.29 is 28.7 Å². The van der Waals surface area contributed by atoms with E-state index in [2.05, 4.69) is 41.4 Å². The van der Waals surface area contributed by atoms with Crippen LogP contribution in [0.3, 0.4) is 0 Å². The molecule has 4 aliphatic rings. The summed E-state index contributed by atoms with van der Waals surface area (Å²) in [4.78, 5) is 71.1. The number of carbonyl (C=O) groups is 5. The van der Waals surface area contributed by atoms with E-state index in [1.54, 1.807) is 18.1 Å². The highest BCUT2D eigenvalue weighted by atomic mass is 16.5. The molecule has 4 N–H and O–H groups in total. The van der Waals surface area contributed by atoms with Gasteiger partial charge in [0.2, 0.25) is 17.7 Å². The Balaban J connectivity index is 1.21. The first-order valence-electron chi connectivity index (χ1n) is 15.1. The van der Waals surface area contributed by atoms with E-state index >= 15 is 0 Å². The van der Waals surface area contributed by atoms with Gasteiger partial charge in [0, 0.05) is 29.9 Å². The van der Waals surface area contributed by atoms with Crippen molar-refractivity contribution in [3.8, 4) is 5.75 Å². The molecular formula is C32H39N5O6. The van der Waals surface area contributed by atoms with E-state index in [4.69, 9.17) is 4.74 Å². The SMILES string of the molecule is C=CC(=O)[C@H](C[C@@H]1CCNC1=O)NC(=O)[C@@H]1[C@@H]2[C@H](CN1C(=O)[C@@H](NC(=O)c1cc3c(OC)cccc3[nH]1)C1CC1)C2(C)C. The van der Waals surface area contributed by atoms with Gasteiger partial charge in [0.05, 0.1) is 13.2 Å². The first-order valence-corrected chi connectivity index (χ1v) is 15.1. The summed E-state index contributed by atoms with van der Waals surface area (Å²) in [6.07, 6.45) is 3.54. The fourth-order valence-electron chi connectivity index (χ4n) is 7.25. The van der Waals surface area contributed by atoms with Crippen molar-refractivity contribution in [3.63, 3.8) is 0 Å². The highest BCUT2D eigenvalue weighted by molar-refractivity contribution is 6.03. The van der Waals surface area contributed by atoms with Gasteiger partial charge in [-0.05, 0) is 73.1 Å². The fourth-order valence-corrected chi connectivity index (χ4v) is 7.25. The number of amides is 4. The number of H-pyrrole nitrogens is 1. The Morgan fingerprint density at radius 3 is 2.60 bits per heavy atom. The number of hydrogen-bond acceptors (Lipinski definition) is 6. The molecule has 2 saturated heterocycles. The number of rotatable bonds is 11. The van der Waals surface area contributed by atoms with Crippen LogP contribution in [0.1, 0.15) is 50.0 Å². The Morgan fingerprint density at radius 1 is 1.19 bits per heavy atom. The molecule has 0 bridgehead atoms. The topological polar surface area (TPSA) is 150 Å². The molecule has 2 saturated carbocycles. The second-order valence-electron chi connectivity index (χ2n) is 13.0. The smallest absolute Gasteiger partial charge is 0.268 e. The van der Waals surface area contributed by atoms with E-state index in [0.29, 0.717) is 31.0 Å². The summed E-state index contributed by atoms with van der Waals surface area (Å²) in [5.41, 5.74) is 0.930. The first-order chi connectivity index (χ1) is 20.5. The number of nitrogens with zero attached hydrogens (tertiary/aromatic N) is 1. The molecule has 6 atom stereocenters. The van der Waals surface area contributed by atoms with Crippen molar-refractivity contribution >= 4 is 40.3 Å². The van der Waals surface area contributed by atoms with Crippen molar-refractivity contribution in [1.82, 2.24) is 25.8 Å². The third-order valence-electron chi connectivity index (χ3n) is 10.0. The number of ketones is 1. The molecule has 1 aromatic heterocycles. The van der Waals surface area contributed by atoms with Crippen LogP contribution >= 0.6 is 0 Å². The highest BCUT2D eigenvalue weighted by Crippen LogP contribution is 2.65. The third kappa shape index (κ3) is 5.19. The molecule has 2 aromatic rings. The molecule has 11 nitrogen and oxygen atoms in total. The van der Waals surface area contributed by atoms with E-state index in [-0.39, 0.29) is 53.1 Å². The number of aromatic nitrogens is 1. The molecule has 4 fully saturated rings. The summed E-state index contributed by atoms with van der Waals surface area (Å²) in [5, 5.41) is 9.37. The fraction of sp³-hybridized carbons (Fsp3) is 0.531. The van der Waals surface area contributed by atoms with Crippen LogP contribution in [0.4, 0.5) is 0 Å². The lowest BCUT2D eigenvalue weighted by Gasteiger charge is -2.34. The third-order valence-corrected chi connectivity index (χ3v) is 10.0. The maximum atomic E-state index is 14.1. The van der Waals surface area contributed by atoms with Crippen molar-refractivity contribution in [3.05, 3.63) is 42.6 Å². The number of fused-ring (bicyclic) bond motifs is 2. The van der Waals surface area contributed by atoms with E-state index in [1.165, 1.54) is 0 Å². The molecule has 6 rings (SSSR count). The lowest BCUT2D eigenvalue weighted by Crippen LogP contribution is -2.58. The number of piperidine rings is 1. The molecule has 1 aromatic carbocycles. The van der Waals surface area contributed by atoms with Gasteiger partial charge in [0.1, 0.15) is 23.5 Å². The molecule has 4 amide bonds. The molecule has 2 aliphatic carbocycles. The Morgan fingerprint density at radius 2 is 1.95 bits per heavy atom. The van der Waals surface area contributed by atoms with Crippen LogP contribution in [-0.2, 0) is 19.2 Å². The van der Waals surface area contributed by atoms with E-state index < -0.39 is 29.9 Å². The molecule has 43 heavy (non-hydrogen) atoms. The van der Waals surface area contributed by atoms with Crippen molar-refractivity contribution in [2.75, 3.05) is 20.2 Å². The predicted octanol–water partition coefficient (Wildman–Crippen LogP) is 1.93. The lowest BCUT2D eigenvalue weighted by atomic mass is 9.94. The molecule has 11 heteroatoms. The van der Waals surface area contributed by atoms with Gasteiger partial charge < -0.3 is 30.6 Å². The summed E-state index contributed by atoms with van der Waals surface area (Å²) in [6.45, 7) is 8.70. The average molecular weight is 590 g/mol. The minimum atomic E-state index is -0.908. The van der Waals surface area contributed by atoms with Crippen LogP contribution in [0.5, 0.6) is 5.75 Å². The molecule has 0 spiro atoms. The maximum Gasteiger partial charge on any atom is 0.268 e. The van der Waals surface area contributed by atoms with Crippen LogP contribution in [0.2, 0.25) is 0 Å². The zero-order valence-electron chi connectivity index (χ0n) is 24.8. The maximum absolute atomic E-state index is 14.1. The van der Waals surface area contributed by atoms with Gasteiger partial charge in [-0.25, -0.2) is 0 Å². The van der Waals surface area contributed by atoms with Gasteiger partial charge >= 0.3 is 0 Å². The number of methoxy groups -OCH3 is 1.